The second-order valence-electron chi connectivity index (χ2n) is 5.72. The third-order valence-corrected chi connectivity index (χ3v) is 5.05. The number of nitrogens with two attached hydrogens (primary N) is 1. The van der Waals surface area contributed by atoms with Gasteiger partial charge in [-0.3, -0.25) is 4.79 Å². The van der Waals surface area contributed by atoms with Crippen LogP contribution in [0.5, 0.6) is 0 Å². The summed E-state index contributed by atoms with van der Waals surface area (Å²) >= 11 is 1.17. The molecule has 1 aliphatic carbocycles. The molecule has 0 radical (unpaired) electrons. The molecule has 1 saturated carbocycles. The first-order chi connectivity index (χ1) is 11.0. The molecule has 0 spiro atoms. The van der Waals surface area contributed by atoms with E-state index >= 15 is 0 Å². The number of nitriles is 2. The SMILES string of the molecule is C[C@@H]1CCCC[C@@H]1NC(=O)CSc1nc(N)c(C#N)cc1C#N. The van der Waals surface area contributed by atoms with Crippen molar-refractivity contribution in [3.63, 3.8) is 0 Å². The van der Waals surface area contributed by atoms with Crippen LogP contribution in [0.4, 0.5) is 5.82 Å². The van der Waals surface area contributed by atoms with Crippen LogP contribution in [0.25, 0.3) is 0 Å². The topological polar surface area (TPSA) is 116 Å². The summed E-state index contributed by atoms with van der Waals surface area (Å²) < 4.78 is 0. The standard InChI is InChI=1S/C16H19N5OS/c1-10-4-2-3-5-13(10)20-14(22)9-23-16-12(8-18)6-11(7-17)15(19)21-16/h6,10,13H,2-5,9H2,1H3,(H2,19,21)(H,20,22)/t10-,13+/m1/s1. The zero-order valence-electron chi connectivity index (χ0n) is 13.0. The van der Waals surface area contributed by atoms with Gasteiger partial charge < -0.3 is 11.1 Å². The maximum atomic E-state index is 12.1. The average Bonchev–Trinajstić information content (AvgIpc) is 2.55. The molecule has 0 bridgehead atoms. The number of hydrogen-bond donors (Lipinski definition) is 2. The normalized spacial score (nSPS) is 20.3. The minimum Gasteiger partial charge on any atom is -0.383 e. The Morgan fingerprint density at radius 2 is 2.09 bits per heavy atom. The summed E-state index contributed by atoms with van der Waals surface area (Å²) in [6.07, 6.45) is 4.53. The Morgan fingerprint density at radius 3 is 2.74 bits per heavy atom. The Kier molecular flexibility index (Phi) is 5.84. The van der Waals surface area contributed by atoms with E-state index in [0.29, 0.717) is 10.9 Å². The van der Waals surface area contributed by atoms with Crippen molar-refractivity contribution in [2.24, 2.45) is 5.92 Å². The van der Waals surface area contributed by atoms with Crippen molar-refractivity contribution in [2.45, 2.75) is 43.7 Å². The number of carbonyl (C=O) groups is 1. The molecule has 1 aromatic rings. The largest absolute Gasteiger partial charge is 0.383 e. The van der Waals surface area contributed by atoms with Crippen molar-refractivity contribution in [3.05, 3.63) is 17.2 Å². The van der Waals surface area contributed by atoms with E-state index in [0.717, 1.165) is 19.3 Å². The van der Waals surface area contributed by atoms with Gasteiger partial charge in [-0.25, -0.2) is 4.98 Å². The number of pyridine rings is 1. The predicted molar refractivity (Wildman–Crippen MR) is 88.4 cm³/mol. The number of aromatic nitrogens is 1. The van der Waals surface area contributed by atoms with Gasteiger partial charge in [-0.2, -0.15) is 10.5 Å². The molecular formula is C16H19N5OS. The summed E-state index contributed by atoms with van der Waals surface area (Å²) in [6.45, 7) is 2.16. The summed E-state index contributed by atoms with van der Waals surface area (Å²) in [5.74, 6) is 0.685. The van der Waals surface area contributed by atoms with Gasteiger partial charge in [-0.15, -0.1) is 0 Å². The number of nitrogens with zero attached hydrogens (tertiary/aromatic N) is 3. The van der Waals surface area contributed by atoms with Gasteiger partial charge in [0.1, 0.15) is 23.0 Å². The minimum absolute atomic E-state index is 0.0672. The molecule has 0 unspecified atom stereocenters. The van der Waals surface area contributed by atoms with E-state index < -0.39 is 0 Å². The molecule has 0 saturated heterocycles. The number of carbonyl (C=O) groups excluding carboxylic acids is 1. The van der Waals surface area contributed by atoms with Gasteiger partial charge in [0.15, 0.2) is 0 Å². The Morgan fingerprint density at radius 1 is 1.39 bits per heavy atom. The van der Waals surface area contributed by atoms with Gasteiger partial charge in [0.2, 0.25) is 5.91 Å². The highest BCUT2D eigenvalue weighted by molar-refractivity contribution is 8.00. The van der Waals surface area contributed by atoms with E-state index in [1.807, 2.05) is 12.1 Å². The van der Waals surface area contributed by atoms with E-state index in [4.69, 9.17) is 16.3 Å². The second-order valence-corrected chi connectivity index (χ2v) is 6.69. The van der Waals surface area contributed by atoms with E-state index in [-0.39, 0.29) is 34.6 Å². The molecular weight excluding hydrogens is 310 g/mol. The summed E-state index contributed by atoms with van der Waals surface area (Å²) in [7, 11) is 0. The molecule has 1 heterocycles. The van der Waals surface area contributed by atoms with Crippen molar-refractivity contribution in [3.8, 4) is 12.1 Å². The lowest BCUT2D eigenvalue weighted by Gasteiger charge is -2.29. The van der Waals surface area contributed by atoms with Crippen LogP contribution in [0, 0.1) is 28.6 Å². The predicted octanol–water partition coefficient (Wildman–Crippen LogP) is 2.19. The van der Waals surface area contributed by atoms with E-state index in [9.17, 15) is 4.79 Å². The Balaban J connectivity index is 1.98. The first-order valence-corrected chi connectivity index (χ1v) is 8.56. The van der Waals surface area contributed by atoms with Crippen molar-refractivity contribution in [2.75, 3.05) is 11.5 Å². The third kappa shape index (κ3) is 4.37. The van der Waals surface area contributed by atoms with Crippen LogP contribution in [0.2, 0.25) is 0 Å². The first-order valence-electron chi connectivity index (χ1n) is 7.58. The molecule has 6 nitrogen and oxygen atoms in total. The van der Waals surface area contributed by atoms with Gasteiger partial charge >= 0.3 is 0 Å². The Labute approximate surface area is 140 Å². The monoisotopic (exact) mass is 329 g/mol. The quantitative estimate of drug-likeness (QED) is 0.818. The van der Waals surface area contributed by atoms with E-state index in [1.54, 1.807) is 0 Å². The molecule has 1 amide bonds. The smallest absolute Gasteiger partial charge is 0.230 e. The Hall–Kier alpha value is -2.25. The van der Waals surface area contributed by atoms with Crippen LogP contribution in [0.1, 0.15) is 43.7 Å². The van der Waals surface area contributed by atoms with Crippen molar-refractivity contribution in [1.29, 1.82) is 10.5 Å². The van der Waals surface area contributed by atoms with Gasteiger partial charge in [0.05, 0.1) is 16.9 Å². The van der Waals surface area contributed by atoms with Crippen LogP contribution in [-0.4, -0.2) is 22.7 Å². The van der Waals surface area contributed by atoms with Gasteiger partial charge in [0.25, 0.3) is 0 Å². The summed E-state index contributed by atoms with van der Waals surface area (Å²) in [5, 5.41) is 21.5. The van der Waals surface area contributed by atoms with Crippen LogP contribution in [-0.2, 0) is 4.79 Å². The van der Waals surface area contributed by atoms with E-state index in [2.05, 4.69) is 17.2 Å². The summed E-state index contributed by atoms with van der Waals surface area (Å²) in [5.41, 5.74) is 6.11. The molecule has 120 valence electrons. The van der Waals surface area contributed by atoms with Gasteiger partial charge in [0, 0.05) is 6.04 Å². The zero-order valence-corrected chi connectivity index (χ0v) is 13.8. The lowest BCUT2D eigenvalue weighted by atomic mass is 9.86. The number of anilines is 1. The second kappa shape index (κ2) is 7.85. The van der Waals surface area contributed by atoms with Crippen LogP contribution in [0.3, 0.4) is 0 Å². The molecule has 23 heavy (non-hydrogen) atoms. The van der Waals surface area contributed by atoms with Crippen molar-refractivity contribution < 1.29 is 4.79 Å². The molecule has 2 rings (SSSR count). The highest BCUT2D eigenvalue weighted by Gasteiger charge is 2.23. The number of hydrogen-bond acceptors (Lipinski definition) is 6. The number of thioether (sulfide) groups is 1. The molecule has 0 aromatic carbocycles. The van der Waals surface area contributed by atoms with E-state index in [1.165, 1.54) is 24.2 Å². The van der Waals surface area contributed by atoms with Crippen molar-refractivity contribution >= 4 is 23.5 Å². The fraction of sp³-hybridized carbons (Fsp3) is 0.500. The molecule has 1 fully saturated rings. The number of rotatable bonds is 4. The van der Waals surface area contributed by atoms with Crippen LogP contribution in [0.15, 0.2) is 11.1 Å². The molecule has 7 heteroatoms. The van der Waals surface area contributed by atoms with Crippen LogP contribution < -0.4 is 11.1 Å². The lowest BCUT2D eigenvalue weighted by molar-refractivity contribution is -0.119. The summed E-state index contributed by atoms with van der Waals surface area (Å²) in [4.78, 5) is 16.2. The van der Waals surface area contributed by atoms with Gasteiger partial charge in [-0.05, 0) is 24.8 Å². The minimum atomic E-state index is -0.0672. The highest BCUT2D eigenvalue weighted by Crippen LogP contribution is 2.25. The molecule has 1 aromatic heterocycles. The summed E-state index contributed by atoms with van der Waals surface area (Å²) in [6, 6.07) is 5.52. The number of amides is 1. The van der Waals surface area contributed by atoms with Crippen LogP contribution >= 0.6 is 11.8 Å². The number of nitrogens with one attached hydrogen (secondary N) is 1. The lowest BCUT2D eigenvalue weighted by Crippen LogP contribution is -2.41. The van der Waals surface area contributed by atoms with Gasteiger partial charge in [-0.1, -0.05) is 31.5 Å². The third-order valence-electron chi connectivity index (χ3n) is 4.06. The molecule has 1 aliphatic rings. The zero-order chi connectivity index (χ0) is 16.8. The fourth-order valence-electron chi connectivity index (χ4n) is 2.70. The highest BCUT2D eigenvalue weighted by atomic mass is 32.2. The maximum Gasteiger partial charge on any atom is 0.230 e. The molecule has 3 N–H and O–H groups in total. The fourth-order valence-corrected chi connectivity index (χ4v) is 3.48. The molecule has 2 atom stereocenters. The van der Waals surface area contributed by atoms with Crippen molar-refractivity contribution in [1.82, 2.24) is 10.3 Å². The Bertz CT molecular complexity index is 676. The molecule has 0 aliphatic heterocycles. The maximum absolute atomic E-state index is 12.1. The first kappa shape index (κ1) is 17.1. The average molecular weight is 329 g/mol. The number of nitrogen functional groups attached to an aromatic ring is 1.